The van der Waals surface area contributed by atoms with Gasteiger partial charge in [0.25, 0.3) is 0 Å². The number of hydrogen-bond acceptors (Lipinski definition) is 4. The lowest BCUT2D eigenvalue weighted by Crippen LogP contribution is -2.39. The summed E-state index contributed by atoms with van der Waals surface area (Å²) in [5.74, 6) is 0.721. The Morgan fingerprint density at radius 1 is 1.40 bits per heavy atom. The van der Waals surface area contributed by atoms with Crippen molar-refractivity contribution in [2.45, 2.75) is 50.9 Å². The van der Waals surface area contributed by atoms with E-state index in [1.807, 2.05) is 18.2 Å². The summed E-state index contributed by atoms with van der Waals surface area (Å²) in [5, 5.41) is 19.3. The maximum atomic E-state index is 9.69. The van der Waals surface area contributed by atoms with Gasteiger partial charge in [-0.05, 0) is 50.8 Å². The number of rotatable bonds is 4. The second-order valence-electron chi connectivity index (χ2n) is 5.38. The van der Waals surface area contributed by atoms with E-state index in [0.717, 1.165) is 29.7 Å². The van der Waals surface area contributed by atoms with Crippen molar-refractivity contribution in [3.8, 4) is 11.8 Å². The molecule has 3 unspecified atom stereocenters. The van der Waals surface area contributed by atoms with Crippen LogP contribution in [0.2, 0.25) is 0 Å². The van der Waals surface area contributed by atoms with Crippen molar-refractivity contribution >= 4 is 0 Å². The Labute approximate surface area is 119 Å². The van der Waals surface area contributed by atoms with Gasteiger partial charge in [-0.2, -0.15) is 5.26 Å². The lowest BCUT2D eigenvalue weighted by atomic mass is 9.79. The third-order valence-electron chi connectivity index (χ3n) is 3.97. The summed E-state index contributed by atoms with van der Waals surface area (Å²) < 4.78 is 11.2. The molecule has 0 aromatic heterocycles. The fourth-order valence-electron chi connectivity index (χ4n) is 2.62. The van der Waals surface area contributed by atoms with Gasteiger partial charge < -0.3 is 14.6 Å². The zero-order valence-corrected chi connectivity index (χ0v) is 12.2. The lowest BCUT2D eigenvalue weighted by Gasteiger charge is -2.36. The van der Waals surface area contributed by atoms with E-state index in [0.29, 0.717) is 6.42 Å². The molecule has 0 saturated heterocycles. The van der Waals surface area contributed by atoms with E-state index in [2.05, 4.69) is 6.07 Å². The second-order valence-corrected chi connectivity index (χ2v) is 5.38. The molecule has 108 valence electrons. The molecule has 0 spiro atoms. The third kappa shape index (κ3) is 2.65. The smallest absolute Gasteiger partial charge is 0.180 e. The summed E-state index contributed by atoms with van der Waals surface area (Å²) in [7, 11) is 1.61. The zero-order chi connectivity index (χ0) is 14.8. The van der Waals surface area contributed by atoms with Crippen LogP contribution in [0.25, 0.3) is 0 Å². The first-order valence-corrected chi connectivity index (χ1v) is 6.97. The van der Waals surface area contributed by atoms with Crippen LogP contribution in [0.1, 0.15) is 37.8 Å². The van der Waals surface area contributed by atoms with Crippen molar-refractivity contribution in [2.75, 3.05) is 7.11 Å². The minimum atomic E-state index is -0.988. The fraction of sp³-hybridized carbons (Fsp3) is 0.562. The molecule has 1 N–H and O–H groups in total. The maximum Gasteiger partial charge on any atom is 0.180 e. The van der Waals surface area contributed by atoms with Crippen LogP contribution in [0.15, 0.2) is 18.2 Å². The number of methoxy groups -OCH3 is 1. The molecule has 4 heteroatoms. The molecule has 0 radical (unpaired) electrons. The summed E-state index contributed by atoms with van der Waals surface area (Å²) in [5.41, 5.74) is 1.01. The third-order valence-corrected chi connectivity index (χ3v) is 3.97. The normalized spacial score (nSPS) is 24.4. The second kappa shape index (κ2) is 5.82. The van der Waals surface area contributed by atoms with Gasteiger partial charge in [0.1, 0.15) is 11.8 Å². The Kier molecular flexibility index (Phi) is 4.32. The molecule has 1 aliphatic carbocycles. The highest BCUT2D eigenvalue weighted by atomic mass is 16.5. The van der Waals surface area contributed by atoms with E-state index in [4.69, 9.17) is 9.47 Å². The maximum absolute atomic E-state index is 9.69. The molecule has 3 atom stereocenters. The molecule has 0 fully saturated rings. The number of fused-ring (bicyclic) bond motifs is 1. The van der Waals surface area contributed by atoms with Crippen LogP contribution in [0, 0.1) is 11.3 Å². The summed E-state index contributed by atoms with van der Waals surface area (Å²) in [6.45, 7) is 3.46. The number of aliphatic hydroxyl groups is 1. The minimum absolute atomic E-state index is 0.396. The SMILES string of the molecule is COc1ccc2c(c1)C(C#N)(OC(C)C(C)O)CCC2. The van der Waals surface area contributed by atoms with Gasteiger partial charge in [-0.15, -0.1) is 0 Å². The molecule has 20 heavy (non-hydrogen) atoms. The molecular formula is C16H21NO3. The first-order chi connectivity index (χ1) is 9.52. The number of aliphatic hydroxyl groups excluding tert-OH is 1. The molecule has 0 bridgehead atoms. The van der Waals surface area contributed by atoms with Gasteiger partial charge in [-0.3, -0.25) is 0 Å². The van der Waals surface area contributed by atoms with E-state index < -0.39 is 17.8 Å². The van der Waals surface area contributed by atoms with Crippen molar-refractivity contribution in [3.05, 3.63) is 29.3 Å². The Hall–Kier alpha value is -1.57. The number of nitriles is 1. The summed E-state index contributed by atoms with van der Waals surface area (Å²) >= 11 is 0. The first kappa shape index (κ1) is 14.8. The van der Waals surface area contributed by atoms with Gasteiger partial charge in [0, 0.05) is 5.56 Å². The minimum Gasteiger partial charge on any atom is -0.497 e. The zero-order valence-electron chi connectivity index (χ0n) is 12.2. The van der Waals surface area contributed by atoms with Gasteiger partial charge in [0.05, 0.1) is 19.3 Å². The molecule has 2 rings (SSSR count). The van der Waals surface area contributed by atoms with Crippen molar-refractivity contribution in [3.63, 3.8) is 0 Å². The van der Waals surface area contributed by atoms with E-state index >= 15 is 0 Å². The molecule has 0 heterocycles. The van der Waals surface area contributed by atoms with Crippen molar-refractivity contribution < 1.29 is 14.6 Å². The molecular weight excluding hydrogens is 254 g/mol. The van der Waals surface area contributed by atoms with E-state index in [1.54, 1.807) is 21.0 Å². The predicted octanol–water partition coefficient (Wildman–Crippen LogP) is 2.54. The van der Waals surface area contributed by atoms with Gasteiger partial charge >= 0.3 is 0 Å². The molecule has 0 saturated carbocycles. The number of ether oxygens (including phenoxy) is 2. The quantitative estimate of drug-likeness (QED) is 0.917. The van der Waals surface area contributed by atoms with Gasteiger partial charge in [-0.25, -0.2) is 0 Å². The van der Waals surface area contributed by atoms with Crippen LogP contribution in [-0.4, -0.2) is 24.4 Å². The molecule has 1 aromatic carbocycles. The summed E-state index contributed by atoms with van der Waals surface area (Å²) in [4.78, 5) is 0. The van der Waals surface area contributed by atoms with Crippen LogP contribution in [0.3, 0.4) is 0 Å². The van der Waals surface area contributed by atoms with Gasteiger partial charge in [0.2, 0.25) is 0 Å². The van der Waals surface area contributed by atoms with Crippen molar-refractivity contribution in [2.24, 2.45) is 0 Å². The summed E-state index contributed by atoms with van der Waals surface area (Å²) in [6, 6.07) is 8.11. The topological polar surface area (TPSA) is 62.5 Å². The molecule has 0 aliphatic heterocycles. The molecule has 1 aromatic rings. The Bertz CT molecular complexity index is 521. The predicted molar refractivity (Wildman–Crippen MR) is 75.5 cm³/mol. The fourth-order valence-corrected chi connectivity index (χ4v) is 2.62. The van der Waals surface area contributed by atoms with E-state index in [1.165, 1.54) is 0 Å². The van der Waals surface area contributed by atoms with Crippen molar-refractivity contribution in [1.82, 2.24) is 0 Å². The van der Waals surface area contributed by atoms with E-state index in [-0.39, 0.29) is 0 Å². The van der Waals surface area contributed by atoms with Crippen LogP contribution in [0.5, 0.6) is 5.75 Å². The van der Waals surface area contributed by atoms with Gasteiger partial charge in [-0.1, -0.05) is 6.07 Å². The van der Waals surface area contributed by atoms with Crippen LogP contribution in [0.4, 0.5) is 0 Å². The monoisotopic (exact) mass is 275 g/mol. The number of hydrogen-bond donors (Lipinski definition) is 1. The average molecular weight is 275 g/mol. The molecule has 4 nitrogen and oxygen atoms in total. The van der Waals surface area contributed by atoms with Crippen LogP contribution < -0.4 is 4.74 Å². The number of aryl methyl sites for hydroxylation is 1. The van der Waals surface area contributed by atoms with Gasteiger partial charge in [0.15, 0.2) is 5.60 Å². The number of nitrogens with zero attached hydrogens (tertiary/aromatic N) is 1. The largest absolute Gasteiger partial charge is 0.497 e. The highest BCUT2D eigenvalue weighted by Gasteiger charge is 2.40. The molecule has 0 amide bonds. The van der Waals surface area contributed by atoms with Crippen LogP contribution >= 0.6 is 0 Å². The number of benzene rings is 1. The van der Waals surface area contributed by atoms with Crippen LogP contribution in [-0.2, 0) is 16.8 Å². The lowest BCUT2D eigenvalue weighted by molar-refractivity contribution is -0.106. The summed E-state index contributed by atoms with van der Waals surface area (Å²) in [6.07, 6.45) is 1.47. The Balaban J connectivity index is 2.44. The van der Waals surface area contributed by atoms with E-state index in [9.17, 15) is 10.4 Å². The van der Waals surface area contributed by atoms with Crippen molar-refractivity contribution in [1.29, 1.82) is 5.26 Å². The average Bonchev–Trinajstić information content (AvgIpc) is 2.46. The standard InChI is InChI=1S/C16H21NO3/c1-11(18)12(2)20-16(10-17)8-4-5-13-6-7-14(19-3)9-15(13)16/h6-7,9,11-12,18H,4-5,8H2,1-3H3. The highest BCUT2D eigenvalue weighted by molar-refractivity contribution is 5.44. The molecule has 1 aliphatic rings. The Morgan fingerprint density at radius 2 is 2.15 bits per heavy atom. The Morgan fingerprint density at radius 3 is 2.75 bits per heavy atom. The first-order valence-electron chi connectivity index (χ1n) is 6.97. The highest BCUT2D eigenvalue weighted by Crippen LogP contribution is 2.40.